The third-order valence-corrected chi connectivity index (χ3v) is 3.30. The number of para-hydroxylation sites is 2. The van der Waals surface area contributed by atoms with Gasteiger partial charge in [-0.25, -0.2) is 4.98 Å². The van der Waals surface area contributed by atoms with E-state index in [9.17, 15) is 9.90 Å². The summed E-state index contributed by atoms with van der Waals surface area (Å²) in [5.74, 6) is 0.305. The zero-order valence-corrected chi connectivity index (χ0v) is 11.8. The normalized spacial score (nSPS) is 14.2. The Morgan fingerprint density at radius 2 is 2.20 bits per heavy atom. The number of aliphatic hydroxyl groups is 1. The first-order valence-electron chi connectivity index (χ1n) is 6.44. The first-order chi connectivity index (χ1) is 9.54. The Hall–Kier alpha value is -1.92. The average molecular weight is 277 g/mol. The summed E-state index contributed by atoms with van der Waals surface area (Å²) in [6, 6.07) is 7.04. The van der Waals surface area contributed by atoms with Crippen LogP contribution >= 0.6 is 0 Å². The number of aliphatic hydroxyl groups excluding tert-OH is 1. The van der Waals surface area contributed by atoms with E-state index >= 15 is 0 Å². The summed E-state index contributed by atoms with van der Waals surface area (Å²) in [5, 5.41) is 12.6. The Morgan fingerprint density at radius 3 is 2.80 bits per heavy atom. The summed E-state index contributed by atoms with van der Waals surface area (Å²) < 4.78 is 6.62. The first kappa shape index (κ1) is 14.5. The quantitative estimate of drug-likeness (QED) is 0.782. The summed E-state index contributed by atoms with van der Waals surface area (Å²) in [6.45, 7) is 1.92. The van der Waals surface area contributed by atoms with E-state index in [1.54, 1.807) is 6.92 Å². The van der Waals surface area contributed by atoms with Crippen LogP contribution in [0, 0.1) is 0 Å². The van der Waals surface area contributed by atoms with Crippen molar-refractivity contribution >= 4 is 17.0 Å². The highest BCUT2D eigenvalue weighted by Gasteiger charge is 2.24. The molecule has 2 atom stereocenters. The number of nitrogens with zero attached hydrogens (tertiary/aromatic N) is 2. The number of rotatable bonds is 5. The number of benzene rings is 1. The molecule has 20 heavy (non-hydrogen) atoms. The minimum absolute atomic E-state index is 0.371. The van der Waals surface area contributed by atoms with E-state index in [1.165, 1.54) is 7.11 Å². The molecule has 2 rings (SSSR count). The van der Waals surface area contributed by atoms with Gasteiger partial charge in [0.25, 0.3) is 0 Å². The molecule has 1 aromatic carbocycles. The van der Waals surface area contributed by atoms with Gasteiger partial charge in [0, 0.05) is 7.05 Å². The Balaban J connectivity index is 2.16. The third-order valence-electron chi connectivity index (χ3n) is 3.30. The molecule has 0 saturated carbocycles. The molecule has 1 heterocycles. The van der Waals surface area contributed by atoms with Gasteiger partial charge in [-0.3, -0.25) is 10.1 Å². The zero-order valence-electron chi connectivity index (χ0n) is 11.8. The lowest BCUT2D eigenvalue weighted by molar-refractivity contribution is -0.145. The number of fused-ring (bicyclic) bond motifs is 1. The van der Waals surface area contributed by atoms with Crippen LogP contribution in [0.1, 0.15) is 12.7 Å². The maximum absolute atomic E-state index is 11.6. The summed E-state index contributed by atoms with van der Waals surface area (Å²) in [5.41, 5.74) is 1.93. The van der Waals surface area contributed by atoms with Gasteiger partial charge in [0.15, 0.2) is 0 Å². The van der Waals surface area contributed by atoms with Crippen molar-refractivity contribution in [2.75, 3.05) is 7.11 Å². The molecule has 0 amide bonds. The summed E-state index contributed by atoms with van der Waals surface area (Å²) >= 11 is 0. The Kier molecular flexibility index (Phi) is 4.36. The Labute approximate surface area is 117 Å². The number of methoxy groups -OCH3 is 1. The van der Waals surface area contributed by atoms with E-state index in [2.05, 4.69) is 15.0 Å². The molecule has 0 aliphatic rings. The molecule has 0 saturated heterocycles. The number of carbonyl (C=O) groups excluding carboxylic acids is 1. The molecule has 0 aliphatic heterocycles. The molecule has 2 unspecified atom stereocenters. The van der Waals surface area contributed by atoms with Crippen LogP contribution in [-0.2, 0) is 23.1 Å². The molecule has 0 aliphatic carbocycles. The Morgan fingerprint density at radius 1 is 1.50 bits per heavy atom. The van der Waals surface area contributed by atoms with Crippen molar-refractivity contribution in [1.29, 1.82) is 0 Å². The second-order valence-electron chi connectivity index (χ2n) is 4.70. The highest BCUT2D eigenvalue weighted by molar-refractivity contribution is 5.77. The van der Waals surface area contributed by atoms with E-state index in [0.29, 0.717) is 6.54 Å². The van der Waals surface area contributed by atoms with Crippen LogP contribution in [0.3, 0.4) is 0 Å². The largest absolute Gasteiger partial charge is 0.468 e. The molecule has 1 aromatic heterocycles. The van der Waals surface area contributed by atoms with Gasteiger partial charge in [-0.15, -0.1) is 0 Å². The maximum atomic E-state index is 11.6. The number of aromatic nitrogens is 2. The lowest BCUT2D eigenvalue weighted by Crippen LogP contribution is -2.45. The van der Waals surface area contributed by atoms with Crippen LogP contribution in [0.15, 0.2) is 24.3 Å². The minimum Gasteiger partial charge on any atom is -0.468 e. The van der Waals surface area contributed by atoms with Crippen LogP contribution in [0.25, 0.3) is 11.0 Å². The topological polar surface area (TPSA) is 76.4 Å². The van der Waals surface area contributed by atoms with E-state index in [1.807, 2.05) is 35.9 Å². The van der Waals surface area contributed by atoms with E-state index < -0.39 is 18.1 Å². The molecule has 6 nitrogen and oxygen atoms in total. The van der Waals surface area contributed by atoms with E-state index in [-0.39, 0.29) is 0 Å². The van der Waals surface area contributed by atoms with Gasteiger partial charge in [0.05, 0.1) is 30.8 Å². The monoisotopic (exact) mass is 277 g/mol. The molecular weight excluding hydrogens is 258 g/mol. The number of imidazole rings is 1. The van der Waals surface area contributed by atoms with Gasteiger partial charge >= 0.3 is 5.97 Å². The number of hydrogen-bond donors (Lipinski definition) is 2. The number of carbonyl (C=O) groups is 1. The van der Waals surface area contributed by atoms with Crippen LogP contribution in [-0.4, -0.2) is 39.9 Å². The fourth-order valence-electron chi connectivity index (χ4n) is 2.13. The average Bonchev–Trinajstić information content (AvgIpc) is 2.75. The summed E-state index contributed by atoms with van der Waals surface area (Å²) in [7, 11) is 3.22. The summed E-state index contributed by atoms with van der Waals surface area (Å²) in [6.07, 6.45) is -0.836. The second-order valence-corrected chi connectivity index (χ2v) is 4.70. The van der Waals surface area contributed by atoms with E-state index in [4.69, 9.17) is 0 Å². The van der Waals surface area contributed by atoms with Crippen LogP contribution in [0.2, 0.25) is 0 Å². The van der Waals surface area contributed by atoms with Gasteiger partial charge in [-0.05, 0) is 19.1 Å². The van der Waals surface area contributed by atoms with Crippen molar-refractivity contribution in [1.82, 2.24) is 14.9 Å². The van der Waals surface area contributed by atoms with Crippen LogP contribution < -0.4 is 5.32 Å². The van der Waals surface area contributed by atoms with Gasteiger partial charge < -0.3 is 14.4 Å². The Bertz CT molecular complexity index is 607. The van der Waals surface area contributed by atoms with Gasteiger partial charge in [0.2, 0.25) is 0 Å². The number of hydrogen-bond acceptors (Lipinski definition) is 5. The number of nitrogens with one attached hydrogen (secondary N) is 1. The van der Waals surface area contributed by atoms with Gasteiger partial charge in [0.1, 0.15) is 11.9 Å². The molecule has 0 radical (unpaired) electrons. The maximum Gasteiger partial charge on any atom is 0.325 e. The van der Waals surface area contributed by atoms with E-state index in [0.717, 1.165) is 16.9 Å². The molecule has 6 heteroatoms. The zero-order chi connectivity index (χ0) is 14.7. The molecule has 0 fully saturated rings. The van der Waals surface area contributed by atoms with Crippen molar-refractivity contribution in [3.8, 4) is 0 Å². The molecule has 2 aromatic rings. The molecule has 2 N–H and O–H groups in total. The van der Waals surface area contributed by atoms with Crippen molar-refractivity contribution in [3.05, 3.63) is 30.1 Å². The lowest BCUT2D eigenvalue weighted by Gasteiger charge is -2.18. The van der Waals surface area contributed by atoms with Crippen molar-refractivity contribution < 1.29 is 14.6 Å². The second kappa shape index (κ2) is 6.02. The number of ether oxygens (including phenoxy) is 1. The van der Waals surface area contributed by atoms with Crippen molar-refractivity contribution in [2.45, 2.75) is 25.6 Å². The first-order valence-corrected chi connectivity index (χ1v) is 6.44. The van der Waals surface area contributed by atoms with Gasteiger partial charge in [-0.2, -0.15) is 0 Å². The smallest absolute Gasteiger partial charge is 0.325 e. The van der Waals surface area contributed by atoms with Crippen molar-refractivity contribution in [3.63, 3.8) is 0 Å². The predicted molar refractivity (Wildman–Crippen MR) is 75.0 cm³/mol. The van der Waals surface area contributed by atoms with Crippen LogP contribution in [0.5, 0.6) is 0 Å². The van der Waals surface area contributed by atoms with Gasteiger partial charge in [-0.1, -0.05) is 12.1 Å². The minimum atomic E-state index is -0.836. The SMILES string of the molecule is COC(=O)C(NCc1nc2ccccc2n1C)C(C)O. The predicted octanol–water partition coefficient (Wildman–Crippen LogP) is 0.585. The third kappa shape index (κ3) is 2.81. The molecule has 0 spiro atoms. The molecule has 108 valence electrons. The number of aryl methyl sites for hydroxylation is 1. The number of esters is 1. The molecular formula is C14H19N3O3. The fraction of sp³-hybridized carbons (Fsp3) is 0.429. The summed E-state index contributed by atoms with van der Waals surface area (Å²) in [4.78, 5) is 16.1. The van der Waals surface area contributed by atoms with Crippen LogP contribution in [0.4, 0.5) is 0 Å². The molecule has 0 bridgehead atoms. The fourth-order valence-corrected chi connectivity index (χ4v) is 2.13. The van der Waals surface area contributed by atoms with Crippen molar-refractivity contribution in [2.24, 2.45) is 7.05 Å². The lowest BCUT2D eigenvalue weighted by atomic mass is 10.2. The standard InChI is InChI=1S/C14H19N3O3/c1-9(18)13(14(19)20-3)15-8-12-16-10-6-4-5-7-11(10)17(12)2/h4-7,9,13,15,18H,8H2,1-3H3. The highest BCUT2D eigenvalue weighted by atomic mass is 16.5. The highest BCUT2D eigenvalue weighted by Crippen LogP contribution is 2.14.